The van der Waals surface area contributed by atoms with Crippen LogP contribution in [-0.4, -0.2) is 53.3 Å². The summed E-state index contributed by atoms with van der Waals surface area (Å²) in [6.07, 6.45) is 0. The molecule has 2 aromatic rings. The summed E-state index contributed by atoms with van der Waals surface area (Å²) in [6.45, 7) is 1.01. The standard InChI is InChI=1S/C14H18N4O2/c1-18(2)8-7-15-14(20)13-11(9-19)10-5-3-4-6-12(10)16-17-13/h3-6,19H,7-9H2,1-2H3,(H,15,20). The molecular weight excluding hydrogens is 256 g/mol. The molecule has 6 heteroatoms. The zero-order valence-corrected chi connectivity index (χ0v) is 11.6. The molecule has 0 aliphatic heterocycles. The lowest BCUT2D eigenvalue weighted by atomic mass is 10.1. The number of hydrogen-bond donors (Lipinski definition) is 2. The van der Waals surface area contributed by atoms with Gasteiger partial charge in [-0.15, -0.1) is 10.2 Å². The van der Waals surface area contributed by atoms with Gasteiger partial charge in [0.25, 0.3) is 5.91 Å². The summed E-state index contributed by atoms with van der Waals surface area (Å²) in [6, 6.07) is 7.31. The van der Waals surface area contributed by atoms with Crippen molar-refractivity contribution < 1.29 is 9.90 Å². The first-order valence-electron chi connectivity index (χ1n) is 6.41. The smallest absolute Gasteiger partial charge is 0.272 e. The van der Waals surface area contributed by atoms with Gasteiger partial charge in [-0.1, -0.05) is 18.2 Å². The van der Waals surface area contributed by atoms with Crippen molar-refractivity contribution in [2.24, 2.45) is 0 Å². The molecule has 0 saturated heterocycles. The third-order valence-corrected chi connectivity index (χ3v) is 2.99. The Hall–Kier alpha value is -2.05. The Kier molecular flexibility index (Phi) is 4.60. The van der Waals surface area contributed by atoms with E-state index in [9.17, 15) is 9.90 Å². The molecule has 0 bridgehead atoms. The average Bonchev–Trinajstić information content (AvgIpc) is 2.45. The number of fused-ring (bicyclic) bond motifs is 1. The summed E-state index contributed by atoms with van der Waals surface area (Å²) in [5.74, 6) is -0.311. The Morgan fingerprint density at radius 3 is 2.75 bits per heavy atom. The first-order chi connectivity index (χ1) is 9.63. The second-order valence-corrected chi connectivity index (χ2v) is 4.76. The molecule has 1 amide bonds. The van der Waals surface area contributed by atoms with Gasteiger partial charge in [-0.05, 0) is 20.2 Å². The fourth-order valence-corrected chi connectivity index (χ4v) is 1.93. The van der Waals surface area contributed by atoms with Crippen LogP contribution >= 0.6 is 0 Å². The van der Waals surface area contributed by atoms with Crippen molar-refractivity contribution in [1.82, 2.24) is 20.4 Å². The zero-order chi connectivity index (χ0) is 14.5. The molecule has 20 heavy (non-hydrogen) atoms. The number of benzene rings is 1. The topological polar surface area (TPSA) is 78.4 Å². The molecule has 6 nitrogen and oxygen atoms in total. The van der Waals surface area contributed by atoms with E-state index in [0.29, 0.717) is 17.6 Å². The Labute approximate surface area is 117 Å². The van der Waals surface area contributed by atoms with Gasteiger partial charge in [-0.25, -0.2) is 0 Å². The number of amides is 1. The highest BCUT2D eigenvalue weighted by molar-refractivity contribution is 5.98. The van der Waals surface area contributed by atoms with Crippen LogP contribution < -0.4 is 5.32 Å². The molecule has 0 saturated carbocycles. The lowest BCUT2D eigenvalue weighted by molar-refractivity contribution is 0.0942. The fourth-order valence-electron chi connectivity index (χ4n) is 1.93. The van der Waals surface area contributed by atoms with Crippen molar-refractivity contribution in [3.05, 3.63) is 35.5 Å². The van der Waals surface area contributed by atoms with Crippen LogP contribution in [0.2, 0.25) is 0 Å². The molecule has 1 aromatic heterocycles. The molecule has 106 valence electrons. The molecule has 0 spiro atoms. The predicted octanol–water partition coefficient (Wildman–Crippen LogP) is 0.414. The molecule has 0 radical (unpaired) electrons. The van der Waals surface area contributed by atoms with Gasteiger partial charge in [0, 0.05) is 24.0 Å². The molecule has 0 aliphatic carbocycles. The van der Waals surface area contributed by atoms with E-state index in [1.165, 1.54) is 0 Å². The number of rotatable bonds is 5. The summed E-state index contributed by atoms with van der Waals surface area (Å²) in [7, 11) is 3.86. The van der Waals surface area contributed by atoms with Crippen LogP contribution in [0, 0.1) is 0 Å². The second-order valence-electron chi connectivity index (χ2n) is 4.76. The van der Waals surface area contributed by atoms with E-state index < -0.39 is 0 Å². The minimum absolute atomic E-state index is 0.185. The Bertz CT molecular complexity index is 613. The number of aliphatic hydroxyl groups is 1. The van der Waals surface area contributed by atoms with Crippen molar-refractivity contribution in [2.45, 2.75) is 6.61 Å². The normalized spacial score (nSPS) is 11.0. The van der Waals surface area contributed by atoms with Crippen LogP contribution in [0.5, 0.6) is 0 Å². The maximum atomic E-state index is 12.1. The van der Waals surface area contributed by atoms with Crippen LogP contribution in [-0.2, 0) is 6.61 Å². The summed E-state index contributed by atoms with van der Waals surface area (Å²) >= 11 is 0. The quantitative estimate of drug-likeness (QED) is 0.826. The van der Waals surface area contributed by atoms with Crippen molar-refractivity contribution in [1.29, 1.82) is 0 Å². The van der Waals surface area contributed by atoms with Crippen molar-refractivity contribution in [3.8, 4) is 0 Å². The van der Waals surface area contributed by atoms with E-state index >= 15 is 0 Å². The molecule has 1 aromatic carbocycles. The maximum Gasteiger partial charge on any atom is 0.272 e. The van der Waals surface area contributed by atoms with Gasteiger partial charge in [0.15, 0.2) is 5.69 Å². The lowest BCUT2D eigenvalue weighted by Crippen LogP contribution is -2.32. The van der Waals surface area contributed by atoms with Gasteiger partial charge >= 0.3 is 0 Å². The monoisotopic (exact) mass is 274 g/mol. The van der Waals surface area contributed by atoms with Gasteiger partial charge < -0.3 is 15.3 Å². The molecule has 0 unspecified atom stereocenters. The third kappa shape index (κ3) is 3.09. The van der Waals surface area contributed by atoms with Crippen LogP contribution in [0.15, 0.2) is 24.3 Å². The number of likely N-dealkylation sites (N-methyl/N-ethyl adjacent to an activating group) is 1. The minimum Gasteiger partial charge on any atom is -0.392 e. The fraction of sp³-hybridized carbons (Fsp3) is 0.357. The largest absolute Gasteiger partial charge is 0.392 e. The van der Waals surface area contributed by atoms with Gasteiger partial charge in [0.1, 0.15) is 0 Å². The van der Waals surface area contributed by atoms with E-state index in [4.69, 9.17) is 0 Å². The molecule has 2 rings (SSSR count). The zero-order valence-electron chi connectivity index (χ0n) is 11.6. The highest BCUT2D eigenvalue weighted by atomic mass is 16.3. The Morgan fingerprint density at radius 2 is 2.05 bits per heavy atom. The number of hydrogen-bond acceptors (Lipinski definition) is 5. The molecule has 2 N–H and O–H groups in total. The van der Waals surface area contributed by atoms with Crippen molar-refractivity contribution in [3.63, 3.8) is 0 Å². The highest BCUT2D eigenvalue weighted by Crippen LogP contribution is 2.18. The summed E-state index contributed by atoms with van der Waals surface area (Å²) in [5, 5.41) is 21.0. The first-order valence-corrected chi connectivity index (χ1v) is 6.41. The van der Waals surface area contributed by atoms with E-state index in [1.807, 2.05) is 37.2 Å². The molecule has 0 aliphatic rings. The van der Waals surface area contributed by atoms with Gasteiger partial charge in [-0.3, -0.25) is 4.79 Å². The van der Waals surface area contributed by atoms with Crippen LogP contribution in [0.4, 0.5) is 0 Å². The van der Waals surface area contributed by atoms with Crippen molar-refractivity contribution >= 4 is 16.8 Å². The van der Waals surface area contributed by atoms with E-state index in [0.717, 1.165) is 11.9 Å². The minimum atomic E-state index is -0.311. The van der Waals surface area contributed by atoms with Crippen molar-refractivity contribution in [2.75, 3.05) is 27.2 Å². The SMILES string of the molecule is CN(C)CCNC(=O)c1nnc2ccccc2c1CO. The molecule has 0 atom stereocenters. The van der Waals surface area contributed by atoms with Gasteiger partial charge in [0.2, 0.25) is 0 Å². The van der Waals surface area contributed by atoms with E-state index in [-0.39, 0.29) is 18.2 Å². The average molecular weight is 274 g/mol. The van der Waals surface area contributed by atoms with Crippen LogP contribution in [0.25, 0.3) is 10.9 Å². The number of carbonyl (C=O) groups is 1. The van der Waals surface area contributed by atoms with Gasteiger partial charge in [0.05, 0.1) is 12.1 Å². The molecule has 1 heterocycles. The molecule has 0 fully saturated rings. The number of aromatic nitrogens is 2. The summed E-state index contributed by atoms with van der Waals surface area (Å²) in [4.78, 5) is 14.1. The van der Waals surface area contributed by atoms with Gasteiger partial charge in [-0.2, -0.15) is 0 Å². The Balaban J connectivity index is 2.27. The number of aliphatic hydroxyl groups excluding tert-OH is 1. The first kappa shape index (κ1) is 14.4. The van der Waals surface area contributed by atoms with E-state index in [2.05, 4.69) is 15.5 Å². The van der Waals surface area contributed by atoms with Crippen LogP contribution in [0.3, 0.4) is 0 Å². The molecular formula is C14H18N4O2. The predicted molar refractivity (Wildman–Crippen MR) is 76.3 cm³/mol. The number of carbonyl (C=O) groups excluding carboxylic acids is 1. The third-order valence-electron chi connectivity index (χ3n) is 2.99. The summed E-state index contributed by atoms with van der Waals surface area (Å²) < 4.78 is 0. The highest BCUT2D eigenvalue weighted by Gasteiger charge is 2.16. The summed E-state index contributed by atoms with van der Waals surface area (Å²) in [5.41, 5.74) is 1.37. The Morgan fingerprint density at radius 1 is 1.30 bits per heavy atom. The maximum absolute atomic E-state index is 12.1. The lowest BCUT2D eigenvalue weighted by Gasteiger charge is -2.12. The van der Waals surface area contributed by atoms with E-state index in [1.54, 1.807) is 6.07 Å². The second kappa shape index (κ2) is 6.40. The number of nitrogens with zero attached hydrogens (tertiary/aromatic N) is 3. The van der Waals surface area contributed by atoms with Crippen LogP contribution in [0.1, 0.15) is 16.1 Å². The number of nitrogens with one attached hydrogen (secondary N) is 1.